The van der Waals surface area contributed by atoms with Crippen LogP contribution in [0.1, 0.15) is 21.6 Å². The first-order chi connectivity index (χ1) is 9.06. The average molecular weight is 259 g/mol. The minimum Gasteiger partial charge on any atom is -0.462 e. The molecule has 0 unspecified atom stereocenters. The lowest BCUT2D eigenvalue weighted by Gasteiger charge is -2.07. The van der Waals surface area contributed by atoms with Gasteiger partial charge in [-0.15, -0.1) is 0 Å². The van der Waals surface area contributed by atoms with Gasteiger partial charge in [0, 0.05) is 31.0 Å². The minimum absolute atomic E-state index is 0.326. The Bertz CT molecular complexity index is 570. The van der Waals surface area contributed by atoms with Crippen LogP contribution in [0, 0.1) is 6.92 Å². The van der Waals surface area contributed by atoms with Gasteiger partial charge < -0.3 is 10.5 Å². The van der Waals surface area contributed by atoms with E-state index in [9.17, 15) is 4.79 Å². The summed E-state index contributed by atoms with van der Waals surface area (Å²) in [6, 6.07) is 7.10. The zero-order valence-corrected chi connectivity index (χ0v) is 11.1. The molecule has 0 aliphatic heterocycles. The smallest absolute Gasteiger partial charge is 0.338 e. The number of hydrogen-bond acceptors (Lipinski definition) is 4. The van der Waals surface area contributed by atoms with Gasteiger partial charge in [-0.2, -0.15) is 5.10 Å². The zero-order valence-electron chi connectivity index (χ0n) is 11.1. The Kier molecular flexibility index (Phi) is 3.85. The summed E-state index contributed by atoms with van der Waals surface area (Å²) in [4.78, 5) is 11.9. The van der Waals surface area contributed by atoms with Crippen molar-refractivity contribution in [3.8, 4) is 0 Å². The van der Waals surface area contributed by atoms with E-state index in [1.165, 1.54) is 0 Å². The Morgan fingerprint density at radius 1 is 1.42 bits per heavy atom. The number of anilines is 1. The lowest BCUT2D eigenvalue weighted by Crippen LogP contribution is -2.10. The number of carbonyl (C=O) groups excluding carboxylic acids is 1. The molecule has 100 valence electrons. The quantitative estimate of drug-likeness (QED) is 0.670. The van der Waals surface area contributed by atoms with Crippen LogP contribution in [-0.2, 0) is 18.2 Å². The number of esters is 1. The van der Waals surface area contributed by atoms with Crippen LogP contribution in [-0.4, -0.2) is 22.4 Å². The van der Waals surface area contributed by atoms with Crippen LogP contribution < -0.4 is 5.73 Å². The van der Waals surface area contributed by atoms with Gasteiger partial charge in [0.25, 0.3) is 0 Å². The number of aromatic nitrogens is 2. The van der Waals surface area contributed by atoms with Gasteiger partial charge in [-0.1, -0.05) is 0 Å². The van der Waals surface area contributed by atoms with E-state index in [1.54, 1.807) is 23.0 Å². The van der Waals surface area contributed by atoms with Crippen molar-refractivity contribution in [3.63, 3.8) is 0 Å². The second kappa shape index (κ2) is 5.56. The van der Waals surface area contributed by atoms with Gasteiger partial charge >= 0.3 is 5.97 Å². The molecule has 0 radical (unpaired) electrons. The largest absolute Gasteiger partial charge is 0.462 e. The predicted molar refractivity (Wildman–Crippen MR) is 72.8 cm³/mol. The van der Waals surface area contributed by atoms with Gasteiger partial charge in [-0.3, -0.25) is 4.68 Å². The Hall–Kier alpha value is -2.30. The molecule has 5 heteroatoms. The molecule has 2 N–H and O–H groups in total. The highest BCUT2D eigenvalue weighted by Crippen LogP contribution is 2.12. The predicted octanol–water partition coefficient (Wildman–Crippen LogP) is 1.71. The summed E-state index contributed by atoms with van der Waals surface area (Å²) in [6.45, 7) is 2.22. The molecule has 0 bridgehead atoms. The van der Waals surface area contributed by atoms with Crippen molar-refractivity contribution in [2.24, 2.45) is 7.05 Å². The third-order valence-corrected chi connectivity index (χ3v) is 2.85. The first-order valence-electron chi connectivity index (χ1n) is 6.07. The van der Waals surface area contributed by atoms with Crippen LogP contribution >= 0.6 is 0 Å². The maximum atomic E-state index is 11.9. The molecule has 5 nitrogen and oxygen atoms in total. The van der Waals surface area contributed by atoms with Crippen LogP contribution in [0.3, 0.4) is 0 Å². The van der Waals surface area contributed by atoms with Gasteiger partial charge in [0.15, 0.2) is 0 Å². The van der Waals surface area contributed by atoms with Crippen molar-refractivity contribution in [2.75, 3.05) is 12.3 Å². The maximum Gasteiger partial charge on any atom is 0.338 e. The van der Waals surface area contributed by atoms with Crippen LogP contribution in [0.5, 0.6) is 0 Å². The molecule has 1 aromatic carbocycles. The van der Waals surface area contributed by atoms with Gasteiger partial charge in [-0.25, -0.2) is 4.79 Å². The summed E-state index contributed by atoms with van der Waals surface area (Å²) in [5, 5.41) is 4.06. The van der Waals surface area contributed by atoms with E-state index < -0.39 is 0 Å². The molecular formula is C14H17N3O2. The molecule has 0 amide bonds. The summed E-state index contributed by atoms with van der Waals surface area (Å²) in [5.74, 6) is -0.349. The second-order valence-electron chi connectivity index (χ2n) is 4.46. The summed E-state index contributed by atoms with van der Waals surface area (Å²) in [7, 11) is 1.86. The molecule has 0 saturated carbocycles. The van der Waals surface area contributed by atoms with Crippen molar-refractivity contribution in [1.29, 1.82) is 0 Å². The Balaban J connectivity index is 1.92. The van der Waals surface area contributed by atoms with Crippen molar-refractivity contribution in [2.45, 2.75) is 13.3 Å². The fraction of sp³-hybridized carbons (Fsp3) is 0.286. The fourth-order valence-electron chi connectivity index (χ4n) is 1.91. The van der Waals surface area contributed by atoms with E-state index in [2.05, 4.69) is 5.10 Å². The SMILES string of the molecule is Cc1cc(N)cc(C(=O)OCCc2ccnn2C)c1. The third-order valence-electron chi connectivity index (χ3n) is 2.85. The highest BCUT2D eigenvalue weighted by atomic mass is 16.5. The minimum atomic E-state index is -0.349. The highest BCUT2D eigenvalue weighted by Gasteiger charge is 2.09. The van der Waals surface area contributed by atoms with Crippen LogP contribution in [0.15, 0.2) is 30.5 Å². The Morgan fingerprint density at radius 2 is 2.21 bits per heavy atom. The molecule has 0 atom stereocenters. The molecule has 19 heavy (non-hydrogen) atoms. The number of hydrogen-bond donors (Lipinski definition) is 1. The first kappa shape index (κ1) is 13.1. The van der Waals surface area contributed by atoms with Gasteiger partial charge in [0.2, 0.25) is 0 Å². The molecule has 2 aromatic rings. The number of nitrogen functional groups attached to an aromatic ring is 1. The average Bonchev–Trinajstić information content (AvgIpc) is 2.74. The second-order valence-corrected chi connectivity index (χ2v) is 4.46. The summed E-state index contributed by atoms with van der Waals surface area (Å²) < 4.78 is 6.99. The summed E-state index contributed by atoms with van der Waals surface area (Å²) >= 11 is 0. The first-order valence-corrected chi connectivity index (χ1v) is 6.07. The maximum absolute atomic E-state index is 11.9. The molecular weight excluding hydrogens is 242 g/mol. The van der Waals surface area contributed by atoms with Crippen molar-refractivity contribution in [1.82, 2.24) is 9.78 Å². The van der Waals surface area contributed by atoms with E-state index in [0.29, 0.717) is 24.3 Å². The number of rotatable bonds is 4. The van der Waals surface area contributed by atoms with Gasteiger partial charge in [0.05, 0.1) is 12.2 Å². The number of nitrogens with zero attached hydrogens (tertiary/aromatic N) is 2. The van der Waals surface area contributed by atoms with Crippen LogP contribution in [0.2, 0.25) is 0 Å². The third kappa shape index (κ3) is 3.34. The number of benzene rings is 1. The summed E-state index contributed by atoms with van der Waals surface area (Å²) in [5.41, 5.74) is 8.73. The van der Waals surface area contributed by atoms with E-state index in [4.69, 9.17) is 10.5 Å². The monoisotopic (exact) mass is 259 g/mol. The number of ether oxygens (including phenoxy) is 1. The number of carbonyl (C=O) groups is 1. The van der Waals surface area contributed by atoms with E-state index in [-0.39, 0.29) is 5.97 Å². The van der Waals surface area contributed by atoms with Crippen molar-refractivity contribution < 1.29 is 9.53 Å². The molecule has 0 fully saturated rings. The fourth-order valence-corrected chi connectivity index (χ4v) is 1.91. The number of aryl methyl sites for hydroxylation is 2. The van der Waals surface area contributed by atoms with E-state index >= 15 is 0 Å². The van der Waals surface area contributed by atoms with Crippen molar-refractivity contribution in [3.05, 3.63) is 47.3 Å². The van der Waals surface area contributed by atoms with E-state index in [1.807, 2.05) is 26.1 Å². The standard InChI is InChI=1S/C14H17N3O2/c1-10-7-11(9-12(15)8-10)14(18)19-6-4-13-3-5-16-17(13)2/h3,5,7-9H,4,6,15H2,1-2H3. The molecule has 1 aromatic heterocycles. The summed E-state index contributed by atoms with van der Waals surface area (Å²) in [6.07, 6.45) is 2.36. The molecule has 0 spiro atoms. The Morgan fingerprint density at radius 3 is 2.84 bits per heavy atom. The van der Waals surface area contributed by atoms with Gasteiger partial charge in [0.1, 0.15) is 0 Å². The number of nitrogens with two attached hydrogens (primary N) is 1. The zero-order chi connectivity index (χ0) is 13.8. The normalized spacial score (nSPS) is 10.4. The molecule has 0 aliphatic rings. The lowest BCUT2D eigenvalue weighted by molar-refractivity contribution is 0.0507. The lowest BCUT2D eigenvalue weighted by atomic mass is 10.1. The molecule has 1 heterocycles. The van der Waals surface area contributed by atoms with Gasteiger partial charge in [-0.05, 0) is 36.8 Å². The highest BCUT2D eigenvalue weighted by molar-refractivity contribution is 5.90. The van der Waals surface area contributed by atoms with Crippen LogP contribution in [0.25, 0.3) is 0 Å². The molecule has 0 aliphatic carbocycles. The Labute approximate surface area is 112 Å². The topological polar surface area (TPSA) is 70.1 Å². The van der Waals surface area contributed by atoms with E-state index in [0.717, 1.165) is 11.3 Å². The van der Waals surface area contributed by atoms with Crippen molar-refractivity contribution >= 4 is 11.7 Å². The van der Waals surface area contributed by atoms with Crippen LogP contribution in [0.4, 0.5) is 5.69 Å². The molecule has 2 rings (SSSR count). The molecule has 0 saturated heterocycles.